The van der Waals surface area contributed by atoms with Crippen molar-refractivity contribution in [1.82, 2.24) is 15.0 Å². The van der Waals surface area contributed by atoms with E-state index in [4.69, 9.17) is 16.6 Å². The molecule has 0 radical (unpaired) electrons. The Bertz CT molecular complexity index is 1130. The van der Waals surface area contributed by atoms with Gasteiger partial charge in [-0.2, -0.15) is 9.97 Å². The fourth-order valence-electron chi connectivity index (χ4n) is 3.27. The van der Waals surface area contributed by atoms with Crippen molar-refractivity contribution in [3.63, 3.8) is 0 Å². The van der Waals surface area contributed by atoms with Crippen LogP contribution in [0, 0.1) is 0 Å². The van der Waals surface area contributed by atoms with Gasteiger partial charge in [0.25, 0.3) is 0 Å². The number of hydrogen-bond donors (Lipinski definition) is 0. The molecule has 0 unspecified atom stereocenters. The summed E-state index contributed by atoms with van der Waals surface area (Å²) in [6.07, 6.45) is 0. The molecule has 4 rings (SSSR count). The van der Waals surface area contributed by atoms with E-state index in [1.807, 2.05) is 48.5 Å². The van der Waals surface area contributed by atoms with E-state index in [9.17, 15) is 0 Å². The molecule has 0 fully saturated rings. The molecule has 1 heterocycles. The van der Waals surface area contributed by atoms with E-state index in [0.29, 0.717) is 11.6 Å². The van der Waals surface area contributed by atoms with E-state index in [1.54, 1.807) is 0 Å². The Hall–Kier alpha value is -3.04. The molecule has 4 aromatic rings. The number of nitrogens with zero attached hydrogens (tertiary/aromatic N) is 3. The van der Waals surface area contributed by atoms with Crippen molar-refractivity contribution < 1.29 is 0 Å². The van der Waals surface area contributed by atoms with Crippen molar-refractivity contribution in [1.29, 1.82) is 0 Å². The smallest absolute Gasteiger partial charge is 0.208 e. The summed E-state index contributed by atoms with van der Waals surface area (Å²) in [5, 5.41) is 0.188. The Morgan fingerprint density at radius 1 is 0.586 bits per heavy atom. The molecule has 0 saturated heterocycles. The molecule has 0 saturated carbocycles. The van der Waals surface area contributed by atoms with Crippen LogP contribution in [0.3, 0.4) is 0 Å². The maximum atomic E-state index is 6.29. The van der Waals surface area contributed by atoms with Crippen LogP contribution in [0.2, 0.25) is 5.28 Å². The molecule has 0 aliphatic rings. The van der Waals surface area contributed by atoms with E-state index < -0.39 is 0 Å². The lowest BCUT2D eigenvalue weighted by Gasteiger charge is -2.19. The number of halogens is 1. The summed E-state index contributed by atoms with van der Waals surface area (Å²) in [5.41, 5.74) is 5.36. The number of aromatic nitrogens is 3. The molecular formula is C25H22ClN3. The van der Waals surface area contributed by atoms with Crippen molar-refractivity contribution in [3.05, 3.63) is 89.7 Å². The number of hydrogen-bond acceptors (Lipinski definition) is 3. The topological polar surface area (TPSA) is 38.7 Å². The quantitative estimate of drug-likeness (QED) is 0.379. The average molecular weight is 400 g/mol. The second kappa shape index (κ2) is 7.76. The Morgan fingerprint density at radius 3 is 1.83 bits per heavy atom. The van der Waals surface area contributed by atoms with Crippen LogP contribution in [0.25, 0.3) is 33.9 Å². The third-order valence-corrected chi connectivity index (χ3v) is 5.04. The molecule has 29 heavy (non-hydrogen) atoms. The fraction of sp³-hybridized carbons (Fsp3) is 0.160. The summed E-state index contributed by atoms with van der Waals surface area (Å²) < 4.78 is 0. The number of benzene rings is 3. The van der Waals surface area contributed by atoms with Gasteiger partial charge < -0.3 is 0 Å². The third-order valence-electron chi connectivity index (χ3n) is 4.87. The third kappa shape index (κ3) is 4.20. The van der Waals surface area contributed by atoms with Crippen molar-refractivity contribution in [2.45, 2.75) is 26.2 Å². The largest absolute Gasteiger partial charge is 0.226 e. The molecule has 3 nitrogen and oxygen atoms in total. The Kier molecular flexibility index (Phi) is 5.16. The van der Waals surface area contributed by atoms with E-state index in [2.05, 4.69) is 61.1 Å². The van der Waals surface area contributed by atoms with Crippen LogP contribution in [0.4, 0.5) is 0 Å². The molecule has 0 aliphatic heterocycles. The fourth-order valence-corrected chi connectivity index (χ4v) is 3.43. The lowest BCUT2D eigenvalue weighted by atomic mass is 9.87. The van der Waals surface area contributed by atoms with Gasteiger partial charge in [-0.05, 0) is 33.7 Å². The molecule has 0 spiro atoms. The van der Waals surface area contributed by atoms with E-state index in [0.717, 1.165) is 22.3 Å². The van der Waals surface area contributed by atoms with Crippen LogP contribution >= 0.6 is 11.6 Å². The zero-order valence-corrected chi connectivity index (χ0v) is 17.5. The van der Waals surface area contributed by atoms with Gasteiger partial charge in [0.05, 0.1) is 0 Å². The van der Waals surface area contributed by atoms with Gasteiger partial charge in [0.1, 0.15) is 0 Å². The minimum atomic E-state index is 0.0923. The van der Waals surface area contributed by atoms with Gasteiger partial charge in [0, 0.05) is 11.1 Å². The highest BCUT2D eigenvalue weighted by molar-refractivity contribution is 6.28. The van der Waals surface area contributed by atoms with Gasteiger partial charge in [-0.15, -0.1) is 0 Å². The second-order valence-corrected chi connectivity index (χ2v) is 8.33. The minimum Gasteiger partial charge on any atom is -0.208 e. The Labute approximate surface area is 176 Å². The van der Waals surface area contributed by atoms with Crippen LogP contribution in [0.1, 0.15) is 26.3 Å². The summed E-state index contributed by atoms with van der Waals surface area (Å²) >= 11 is 6.29. The van der Waals surface area contributed by atoms with Crippen molar-refractivity contribution in [3.8, 4) is 33.9 Å². The van der Waals surface area contributed by atoms with E-state index in [-0.39, 0.29) is 10.7 Å². The summed E-state index contributed by atoms with van der Waals surface area (Å²) in [7, 11) is 0. The van der Waals surface area contributed by atoms with Crippen LogP contribution in [0.5, 0.6) is 0 Å². The molecule has 0 N–H and O–H groups in total. The summed E-state index contributed by atoms with van der Waals surface area (Å²) in [6, 6.07) is 26.6. The highest BCUT2D eigenvalue weighted by Crippen LogP contribution is 2.31. The van der Waals surface area contributed by atoms with Gasteiger partial charge in [0.2, 0.25) is 5.28 Å². The first kappa shape index (κ1) is 19.3. The van der Waals surface area contributed by atoms with Gasteiger partial charge in [0.15, 0.2) is 11.6 Å². The molecule has 4 heteroatoms. The zero-order chi connectivity index (χ0) is 20.4. The van der Waals surface area contributed by atoms with E-state index >= 15 is 0 Å². The Morgan fingerprint density at radius 2 is 1.17 bits per heavy atom. The van der Waals surface area contributed by atoms with Gasteiger partial charge in [-0.25, -0.2) is 4.98 Å². The molecule has 0 amide bonds. The Balaban J connectivity index is 1.80. The monoisotopic (exact) mass is 399 g/mol. The molecule has 0 aliphatic carbocycles. The first-order valence-corrected chi connectivity index (χ1v) is 9.97. The standard InChI is InChI=1S/C25H22ClN3/c1-25(2,3)19-15-13-18(14-16-19)22-27-23(29-24(26)28-22)21-12-8-7-11-20(21)17-9-5-4-6-10-17/h4-16H,1-3H3. The van der Waals surface area contributed by atoms with Gasteiger partial charge in [-0.1, -0.05) is 99.6 Å². The molecule has 0 bridgehead atoms. The SMILES string of the molecule is CC(C)(C)c1ccc(-c2nc(Cl)nc(-c3ccccc3-c3ccccc3)n2)cc1. The highest BCUT2D eigenvalue weighted by atomic mass is 35.5. The summed E-state index contributed by atoms with van der Waals surface area (Å²) in [4.78, 5) is 13.5. The van der Waals surface area contributed by atoms with Crippen molar-refractivity contribution >= 4 is 11.6 Å². The molecular weight excluding hydrogens is 378 g/mol. The first-order chi connectivity index (χ1) is 13.9. The van der Waals surface area contributed by atoms with Crippen molar-refractivity contribution in [2.75, 3.05) is 0 Å². The molecule has 3 aromatic carbocycles. The summed E-state index contributed by atoms with van der Waals surface area (Å²) in [6.45, 7) is 6.58. The van der Waals surface area contributed by atoms with Gasteiger partial charge >= 0.3 is 0 Å². The predicted octanol–water partition coefficient (Wildman–Crippen LogP) is 6.82. The molecule has 144 valence electrons. The predicted molar refractivity (Wildman–Crippen MR) is 120 cm³/mol. The van der Waals surface area contributed by atoms with E-state index in [1.165, 1.54) is 5.56 Å². The van der Waals surface area contributed by atoms with Crippen LogP contribution < -0.4 is 0 Å². The molecule has 1 aromatic heterocycles. The van der Waals surface area contributed by atoms with Crippen LogP contribution in [0.15, 0.2) is 78.9 Å². The summed E-state index contributed by atoms with van der Waals surface area (Å²) in [5.74, 6) is 1.14. The first-order valence-electron chi connectivity index (χ1n) is 9.59. The average Bonchev–Trinajstić information content (AvgIpc) is 2.73. The lowest BCUT2D eigenvalue weighted by Crippen LogP contribution is -2.10. The van der Waals surface area contributed by atoms with Crippen LogP contribution in [-0.4, -0.2) is 15.0 Å². The maximum Gasteiger partial charge on any atom is 0.226 e. The van der Waals surface area contributed by atoms with Gasteiger partial charge in [-0.3, -0.25) is 0 Å². The number of rotatable bonds is 3. The second-order valence-electron chi connectivity index (χ2n) is 7.99. The normalized spacial score (nSPS) is 11.4. The zero-order valence-electron chi connectivity index (χ0n) is 16.7. The molecule has 0 atom stereocenters. The highest BCUT2D eigenvalue weighted by Gasteiger charge is 2.16. The minimum absolute atomic E-state index is 0.0923. The lowest BCUT2D eigenvalue weighted by molar-refractivity contribution is 0.590. The van der Waals surface area contributed by atoms with Crippen molar-refractivity contribution in [2.24, 2.45) is 0 Å². The maximum absolute atomic E-state index is 6.29. The van der Waals surface area contributed by atoms with Crippen LogP contribution in [-0.2, 0) is 5.41 Å².